The van der Waals surface area contributed by atoms with Gasteiger partial charge in [-0.15, -0.1) is 0 Å². The van der Waals surface area contributed by atoms with Crippen LogP contribution < -0.4 is 16.0 Å². The molecule has 0 bridgehead atoms. The van der Waals surface area contributed by atoms with Gasteiger partial charge < -0.3 is 16.0 Å². The van der Waals surface area contributed by atoms with E-state index >= 15 is 0 Å². The normalized spacial score (nSPS) is 19.1. The van der Waals surface area contributed by atoms with E-state index < -0.39 is 5.82 Å². The molecule has 1 atom stereocenters. The molecule has 2 amide bonds. The second-order valence-corrected chi connectivity index (χ2v) is 9.15. The molecular weight excluding hydrogens is 459 g/mol. The molecule has 180 valence electrons. The van der Waals surface area contributed by atoms with Gasteiger partial charge in [0, 0.05) is 35.5 Å². The minimum Gasteiger partial charge on any atom is -0.349 e. The number of hydrogen-bond acceptors (Lipinski definition) is 5. The highest BCUT2D eigenvalue weighted by atomic mass is 35.5. The van der Waals surface area contributed by atoms with Crippen LogP contribution in [0.3, 0.4) is 0 Å². The van der Waals surface area contributed by atoms with Gasteiger partial charge in [-0.2, -0.15) is 5.10 Å². The molecule has 1 aromatic carbocycles. The number of carbonyl (C=O) groups is 2. The molecule has 3 N–H and O–H groups in total. The molecule has 1 aliphatic carbocycles. The molecule has 0 aliphatic heterocycles. The number of fused-ring (bicyclic) bond motifs is 1. The Hall–Kier alpha value is -3.04. The predicted molar refractivity (Wildman–Crippen MR) is 128 cm³/mol. The van der Waals surface area contributed by atoms with Crippen molar-refractivity contribution < 1.29 is 14.0 Å². The number of benzene rings is 1. The minimum atomic E-state index is -0.455. The first-order valence-corrected chi connectivity index (χ1v) is 11.7. The van der Waals surface area contributed by atoms with E-state index in [1.807, 2.05) is 20.9 Å². The summed E-state index contributed by atoms with van der Waals surface area (Å²) in [6.07, 6.45) is 5.94. The Kier molecular flexibility index (Phi) is 7.13. The van der Waals surface area contributed by atoms with Crippen LogP contribution in [0.15, 0.2) is 30.6 Å². The maximum atomic E-state index is 13.2. The molecule has 4 rings (SSSR count). The third-order valence-electron chi connectivity index (χ3n) is 6.57. The Morgan fingerprint density at radius 2 is 1.94 bits per heavy atom. The van der Waals surface area contributed by atoms with Crippen molar-refractivity contribution in [2.75, 3.05) is 12.4 Å². The first-order valence-electron chi connectivity index (χ1n) is 11.4. The molecule has 8 nitrogen and oxygen atoms in total. The van der Waals surface area contributed by atoms with Gasteiger partial charge >= 0.3 is 0 Å². The molecule has 1 unspecified atom stereocenters. The maximum Gasteiger partial charge on any atom is 0.256 e. The van der Waals surface area contributed by atoms with Crippen molar-refractivity contribution in [2.45, 2.75) is 51.6 Å². The van der Waals surface area contributed by atoms with Gasteiger partial charge in [0.25, 0.3) is 5.91 Å². The molecule has 10 heteroatoms. The van der Waals surface area contributed by atoms with Crippen LogP contribution in [0.25, 0.3) is 5.65 Å². The van der Waals surface area contributed by atoms with Crippen LogP contribution in [0.4, 0.5) is 10.1 Å². The summed E-state index contributed by atoms with van der Waals surface area (Å²) in [7, 11) is 1.88. The van der Waals surface area contributed by atoms with E-state index in [2.05, 4.69) is 26.0 Å². The zero-order chi connectivity index (χ0) is 24.4. The largest absolute Gasteiger partial charge is 0.349 e. The lowest BCUT2D eigenvalue weighted by Gasteiger charge is -2.28. The predicted octanol–water partition coefficient (Wildman–Crippen LogP) is 4.04. The summed E-state index contributed by atoms with van der Waals surface area (Å²) in [5, 5.41) is 13.6. The van der Waals surface area contributed by atoms with Crippen LogP contribution in [-0.2, 0) is 4.79 Å². The molecule has 3 aromatic rings. The fourth-order valence-electron chi connectivity index (χ4n) is 4.39. The second-order valence-electron chi connectivity index (χ2n) is 8.74. The number of aromatic nitrogens is 3. The van der Waals surface area contributed by atoms with Crippen LogP contribution in [0.5, 0.6) is 0 Å². The van der Waals surface area contributed by atoms with Gasteiger partial charge in [0.1, 0.15) is 11.4 Å². The van der Waals surface area contributed by atoms with E-state index in [-0.39, 0.29) is 34.8 Å². The van der Waals surface area contributed by atoms with Crippen molar-refractivity contribution in [3.05, 3.63) is 58.3 Å². The number of anilines is 1. The molecule has 0 radical (unpaired) electrons. The summed E-state index contributed by atoms with van der Waals surface area (Å²) >= 11 is 6.01. The average Bonchev–Trinajstić information content (AvgIpc) is 3.26. The summed E-state index contributed by atoms with van der Waals surface area (Å²) in [5.41, 5.74) is 3.29. The molecule has 1 saturated carbocycles. The summed E-state index contributed by atoms with van der Waals surface area (Å²) < 4.78 is 14.9. The Labute approximate surface area is 202 Å². The fourth-order valence-corrected chi connectivity index (χ4v) is 4.60. The second kappa shape index (κ2) is 10.1. The molecule has 1 aliphatic rings. The maximum absolute atomic E-state index is 13.2. The van der Waals surface area contributed by atoms with Gasteiger partial charge in [-0.1, -0.05) is 11.6 Å². The number of halogens is 2. The lowest BCUT2D eigenvalue weighted by Crippen LogP contribution is -2.39. The molecule has 0 saturated heterocycles. The van der Waals surface area contributed by atoms with Crippen LogP contribution >= 0.6 is 11.6 Å². The SMILES string of the molecule is CNC(C)c1cnc2c(C(=O)N[C@H]3CC[C@H](C(=O)Nc4ccc(F)cc4Cl)CC3)cnn2c1C. The number of carbonyl (C=O) groups excluding carboxylic acids is 2. The standard InChI is InChI=1S/C24H28ClFN6O2/c1-13(27-3)18-11-28-22-19(12-29-32(22)14(18)2)24(34)30-17-7-4-15(5-8-17)23(33)31-21-9-6-16(26)10-20(21)25/h6,9-13,15,17,27H,4-5,7-8H2,1-3H3,(H,30,34)(H,31,33)/t13?,15-,17-. The van der Waals surface area contributed by atoms with Crippen LogP contribution in [0.2, 0.25) is 5.02 Å². The number of rotatable bonds is 6. The van der Waals surface area contributed by atoms with E-state index in [0.717, 1.165) is 11.3 Å². The zero-order valence-electron chi connectivity index (χ0n) is 19.4. The Bertz CT molecular complexity index is 1220. The molecule has 2 heterocycles. The third kappa shape index (κ3) is 4.90. The highest BCUT2D eigenvalue weighted by Crippen LogP contribution is 2.28. The molecule has 0 spiro atoms. The molecule has 1 fully saturated rings. The highest BCUT2D eigenvalue weighted by molar-refractivity contribution is 6.33. The lowest BCUT2D eigenvalue weighted by molar-refractivity contribution is -0.120. The smallest absolute Gasteiger partial charge is 0.256 e. The number of nitrogens with one attached hydrogen (secondary N) is 3. The Balaban J connectivity index is 1.36. The van der Waals surface area contributed by atoms with E-state index in [1.165, 1.54) is 18.2 Å². The van der Waals surface area contributed by atoms with E-state index in [0.29, 0.717) is 42.6 Å². The quantitative estimate of drug-likeness (QED) is 0.488. The van der Waals surface area contributed by atoms with Crippen molar-refractivity contribution in [1.82, 2.24) is 25.2 Å². The van der Waals surface area contributed by atoms with Crippen molar-refractivity contribution in [3.8, 4) is 0 Å². The summed E-state index contributed by atoms with van der Waals surface area (Å²) in [4.78, 5) is 30.1. The monoisotopic (exact) mass is 486 g/mol. The number of amides is 2. The van der Waals surface area contributed by atoms with Crippen LogP contribution in [0, 0.1) is 18.7 Å². The first-order chi connectivity index (χ1) is 16.3. The van der Waals surface area contributed by atoms with Crippen LogP contribution in [0.1, 0.15) is 60.3 Å². The summed E-state index contributed by atoms with van der Waals surface area (Å²) in [6, 6.07) is 3.96. The van der Waals surface area contributed by atoms with Gasteiger partial charge in [-0.25, -0.2) is 13.9 Å². The summed E-state index contributed by atoms with van der Waals surface area (Å²) in [6.45, 7) is 4.00. The van der Waals surface area contributed by atoms with Gasteiger partial charge in [0.05, 0.1) is 16.9 Å². The Morgan fingerprint density at radius 3 is 2.62 bits per heavy atom. The van der Waals surface area contributed by atoms with E-state index in [1.54, 1.807) is 16.9 Å². The zero-order valence-corrected chi connectivity index (χ0v) is 20.1. The van der Waals surface area contributed by atoms with E-state index in [9.17, 15) is 14.0 Å². The van der Waals surface area contributed by atoms with Crippen molar-refractivity contribution in [3.63, 3.8) is 0 Å². The molecule has 34 heavy (non-hydrogen) atoms. The van der Waals surface area contributed by atoms with Crippen molar-refractivity contribution >= 4 is 34.7 Å². The van der Waals surface area contributed by atoms with Crippen molar-refractivity contribution in [2.24, 2.45) is 5.92 Å². The molecule has 2 aromatic heterocycles. The lowest BCUT2D eigenvalue weighted by atomic mass is 9.85. The van der Waals surface area contributed by atoms with Crippen LogP contribution in [-0.4, -0.2) is 39.5 Å². The highest BCUT2D eigenvalue weighted by Gasteiger charge is 2.28. The van der Waals surface area contributed by atoms with Gasteiger partial charge in [0.2, 0.25) is 5.91 Å². The Morgan fingerprint density at radius 1 is 1.21 bits per heavy atom. The van der Waals surface area contributed by atoms with Gasteiger partial charge in [-0.3, -0.25) is 9.59 Å². The first kappa shape index (κ1) is 24.1. The third-order valence-corrected chi connectivity index (χ3v) is 6.88. The van der Waals surface area contributed by atoms with E-state index in [4.69, 9.17) is 11.6 Å². The van der Waals surface area contributed by atoms with Gasteiger partial charge in [0.15, 0.2) is 5.65 Å². The fraction of sp³-hybridized carbons (Fsp3) is 0.417. The van der Waals surface area contributed by atoms with Crippen molar-refractivity contribution in [1.29, 1.82) is 0 Å². The van der Waals surface area contributed by atoms with Gasteiger partial charge in [-0.05, 0) is 64.8 Å². The molecular formula is C24H28ClFN6O2. The summed E-state index contributed by atoms with van der Waals surface area (Å²) in [5.74, 6) is -1.01. The average molecular weight is 487 g/mol. The minimum absolute atomic E-state index is 0.0365. The topological polar surface area (TPSA) is 100 Å². The number of hydrogen-bond donors (Lipinski definition) is 3. The number of aryl methyl sites for hydroxylation is 1. The number of nitrogens with zero attached hydrogens (tertiary/aromatic N) is 3.